The summed E-state index contributed by atoms with van der Waals surface area (Å²) >= 11 is 17.0. The number of rotatable bonds is 4. The first-order valence-corrected chi connectivity index (χ1v) is 6.53. The highest BCUT2D eigenvalue weighted by atomic mass is 35.5. The minimum Gasteiger partial charge on any atom is -0.220 e. The third kappa shape index (κ3) is 2.94. The van der Waals surface area contributed by atoms with Gasteiger partial charge in [-0.25, -0.2) is 9.07 Å². The molecule has 0 aliphatic carbocycles. The molecule has 7 heteroatoms. The second kappa shape index (κ2) is 5.87. The van der Waals surface area contributed by atoms with E-state index in [2.05, 4.69) is 10.3 Å². The van der Waals surface area contributed by atoms with Crippen molar-refractivity contribution in [1.82, 2.24) is 15.0 Å². The van der Waals surface area contributed by atoms with Crippen molar-refractivity contribution in [3.63, 3.8) is 0 Å². The van der Waals surface area contributed by atoms with Crippen LogP contribution >= 0.6 is 34.8 Å². The molecule has 1 aromatic heterocycles. The fourth-order valence-electron chi connectivity index (χ4n) is 1.46. The molecule has 0 saturated carbocycles. The van der Waals surface area contributed by atoms with E-state index in [1.165, 1.54) is 16.8 Å². The molecule has 0 spiro atoms. The van der Waals surface area contributed by atoms with Crippen molar-refractivity contribution >= 4 is 34.8 Å². The van der Waals surface area contributed by atoms with Gasteiger partial charge in [0.25, 0.3) is 0 Å². The molecule has 0 fully saturated rings. The van der Waals surface area contributed by atoms with Crippen molar-refractivity contribution in [1.29, 1.82) is 0 Å². The molecule has 0 amide bonds. The molecular formula is C11H9Cl3FN3. The summed E-state index contributed by atoms with van der Waals surface area (Å²) < 4.78 is 14.8. The summed E-state index contributed by atoms with van der Waals surface area (Å²) in [6.45, 7) is 0. The van der Waals surface area contributed by atoms with Gasteiger partial charge in [0.15, 0.2) is 5.82 Å². The van der Waals surface area contributed by atoms with E-state index < -0.39 is 5.82 Å². The van der Waals surface area contributed by atoms with Crippen molar-refractivity contribution in [2.75, 3.05) is 5.88 Å². The Hall–Kier alpha value is -0.840. The quantitative estimate of drug-likeness (QED) is 0.634. The van der Waals surface area contributed by atoms with E-state index in [4.69, 9.17) is 34.8 Å². The van der Waals surface area contributed by atoms with E-state index in [0.717, 1.165) is 18.5 Å². The van der Waals surface area contributed by atoms with Gasteiger partial charge in [-0.15, -0.1) is 16.7 Å². The van der Waals surface area contributed by atoms with Crippen molar-refractivity contribution in [3.05, 3.63) is 39.9 Å². The zero-order chi connectivity index (χ0) is 13.1. The summed E-state index contributed by atoms with van der Waals surface area (Å²) in [4.78, 5) is 0. The van der Waals surface area contributed by atoms with Crippen LogP contribution in [-0.4, -0.2) is 20.9 Å². The SMILES string of the molecule is Fc1c(Cl)cc(-n2cc(CCCCl)nn2)cc1Cl. The highest BCUT2D eigenvalue weighted by Crippen LogP contribution is 2.26. The zero-order valence-electron chi connectivity index (χ0n) is 9.21. The summed E-state index contributed by atoms with van der Waals surface area (Å²) in [7, 11) is 0. The number of hydrogen-bond donors (Lipinski definition) is 0. The van der Waals surface area contributed by atoms with E-state index in [-0.39, 0.29) is 10.0 Å². The zero-order valence-corrected chi connectivity index (χ0v) is 11.5. The lowest BCUT2D eigenvalue weighted by Crippen LogP contribution is -1.96. The topological polar surface area (TPSA) is 30.7 Å². The standard InChI is InChI=1S/C11H9Cl3FN3/c12-3-1-2-7-6-18(17-16-7)8-4-9(13)11(15)10(14)5-8/h4-6H,1-3H2. The van der Waals surface area contributed by atoms with Crippen LogP contribution < -0.4 is 0 Å². The summed E-state index contributed by atoms with van der Waals surface area (Å²) in [5, 5.41) is 7.83. The van der Waals surface area contributed by atoms with Crippen LogP contribution in [0.5, 0.6) is 0 Å². The van der Waals surface area contributed by atoms with Crippen LogP contribution in [0.1, 0.15) is 12.1 Å². The first-order valence-electron chi connectivity index (χ1n) is 5.24. The van der Waals surface area contributed by atoms with Crippen LogP contribution in [0.2, 0.25) is 10.0 Å². The van der Waals surface area contributed by atoms with Crippen molar-refractivity contribution in [2.45, 2.75) is 12.8 Å². The summed E-state index contributed by atoms with van der Waals surface area (Å²) in [6, 6.07) is 2.89. The number of hydrogen-bond acceptors (Lipinski definition) is 2. The molecule has 2 aromatic rings. The molecular weight excluding hydrogens is 299 g/mol. The van der Waals surface area contributed by atoms with Crippen LogP contribution in [0.3, 0.4) is 0 Å². The first-order chi connectivity index (χ1) is 8.61. The Morgan fingerprint density at radius 1 is 1.22 bits per heavy atom. The van der Waals surface area contributed by atoms with Gasteiger partial charge in [-0.3, -0.25) is 0 Å². The van der Waals surface area contributed by atoms with Crippen LogP contribution in [0.25, 0.3) is 5.69 Å². The molecule has 0 aliphatic rings. The lowest BCUT2D eigenvalue weighted by molar-refractivity contribution is 0.627. The Kier molecular flexibility index (Phi) is 4.43. The molecule has 0 radical (unpaired) electrons. The Bertz CT molecular complexity index is 533. The van der Waals surface area contributed by atoms with Crippen LogP contribution in [-0.2, 0) is 6.42 Å². The number of benzene rings is 1. The Morgan fingerprint density at radius 2 is 1.89 bits per heavy atom. The van der Waals surface area contributed by atoms with Gasteiger partial charge in [-0.1, -0.05) is 28.4 Å². The van der Waals surface area contributed by atoms with E-state index >= 15 is 0 Å². The van der Waals surface area contributed by atoms with Crippen molar-refractivity contribution in [2.24, 2.45) is 0 Å². The van der Waals surface area contributed by atoms with E-state index in [1.807, 2.05) is 0 Å². The lowest BCUT2D eigenvalue weighted by Gasteiger charge is -2.03. The fraction of sp³-hybridized carbons (Fsp3) is 0.273. The van der Waals surface area contributed by atoms with E-state index in [1.54, 1.807) is 6.20 Å². The van der Waals surface area contributed by atoms with Gasteiger partial charge in [-0.05, 0) is 25.0 Å². The largest absolute Gasteiger partial charge is 0.220 e. The van der Waals surface area contributed by atoms with E-state index in [0.29, 0.717) is 11.6 Å². The Morgan fingerprint density at radius 3 is 2.50 bits per heavy atom. The van der Waals surface area contributed by atoms with Crippen LogP contribution in [0, 0.1) is 5.82 Å². The molecule has 2 rings (SSSR count). The normalized spacial score (nSPS) is 10.9. The molecule has 0 unspecified atom stereocenters. The number of halogens is 4. The van der Waals surface area contributed by atoms with Gasteiger partial charge in [0.05, 0.1) is 27.6 Å². The van der Waals surface area contributed by atoms with Gasteiger partial charge < -0.3 is 0 Å². The van der Waals surface area contributed by atoms with Crippen molar-refractivity contribution in [3.8, 4) is 5.69 Å². The smallest absolute Gasteiger partial charge is 0.160 e. The molecule has 3 nitrogen and oxygen atoms in total. The predicted molar refractivity (Wildman–Crippen MR) is 70.4 cm³/mol. The lowest BCUT2D eigenvalue weighted by atomic mass is 10.2. The molecule has 0 saturated heterocycles. The number of nitrogens with zero attached hydrogens (tertiary/aromatic N) is 3. The number of aryl methyl sites for hydroxylation is 1. The first kappa shape index (κ1) is 13.6. The molecule has 0 N–H and O–H groups in total. The molecule has 96 valence electrons. The van der Waals surface area contributed by atoms with E-state index in [9.17, 15) is 4.39 Å². The van der Waals surface area contributed by atoms with Gasteiger partial charge in [0.2, 0.25) is 0 Å². The van der Waals surface area contributed by atoms with Crippen LogP contribution in [0.4, 0.5) is 4.39 Å². The molecule has 18 heavy (non-hydrogen) atoms. The molecule has 1 heterocycles. The average Bonchev–Trinajstić information content (AvgIpc) is 2.81. The summed E-state index contributed by atoms with van der Waals surface area (Å²) in [5.41, 5.74) is 1.38. The second-order valence-corrected chi connectivity index (χ2v) is 4.86. The second-order valence-electron chi connectivity index (χ2n) is 3.67. The van der Waals surface area contributed by atoms with Gasteiger partial charge in [0, 0.05) is 5.88 Å². The van der Waals surface area contributed by atoms with Gasteiger partial charge in [-0.2, -0.15) is 0 Å². The summed E-state index contributed by atoms with van der Waals surface area (Å²) in [5.74, 6) is -0.0642. The fourth-order valence-corrected chi connectivity index (χ4v) is 2.07. The Balaban J connectivity index is 2.28. The molecule has 0 aliphatic heterocycles. The van der Waals surface area contributed by atoms with Gasteiger partial charge in [0.1, 0.15) is 0 Å². The maximum atomic E-state index is 13.3. The maximum absolute atomic E-state index is 13.3. The third-order valence-electron chi connectivity index (χ3n) is 2.34. The van der Waals surface area contributed by atoms with Crippen molar-refractivity contribution < 1.29 is 4.39 Å². The molecule has 1 aromatic carbocycles. The third-order valence-corrected chi connectivity index (χ3v) is 3.16. The average molecular weight is 309 g/mol. The maximum Gasteiger partial charge on any atom is 0.160 e. The summed E-state index contributed by atoms with van der Waals surface area (Å²) in [6.07, 6.45) is 3.31. The molecule has 0 bridgehead atoms. The number of alkyl halides is 1. The highest BCUT2D eigenvalue weighted by molar-refractivity contribution is 6.35. The predicted octanol–water partition coefficient (Wildman–Crippen LogP) is 3.88. The minimum absolute atomic E-state index is 0.0460. The minimum atomic E-state index is -0.635. The van der Waals surface area contributed by atoms with Gasteiger partial charge >= 0.3 is 0 Å². The molecule has 0 atom stereocenters. The van der Waals surface area contributed by atoms with Crippen LogP contribution in [0.15, 0.2) is 18.3 Å². The number of aromatic nitrogens is 3. The monoisotopic (exact) mass is 307 g/mol. The Labute approximate surface area is 118 Å². The highest BCUT2D eigenvalue weighted by Gasteiger charge is 2.10.